The summed E-state index contributed by atoms with van der Waals surface area (Å²) in [6, 6.07) is 0. The molecular weight excluding hydrogens is 303 g/mol. The number of halogens is 5. The van der Waals surface area contributed by atoms with E-state index in [9.17, 15) is 36.9 Å². The van der Waals surface area contributed by atoms with E-state index in [2.05, 4.69) is 0 Å². The molecule has 5 nitrogen and oxygen atoms in total. The van der Waals surface area contributed by atoms with Gasteiger partial charge in [0.25, 0.3) is 5.43 Å². The zero-order valence-corrected chi connectivity index (χ0v) is 9.72. The van der Waals surface area contributed by atoms with Crippen molar-refractivity contribution in [1.82, 2.24) is 4.98 Å². The van der Waals surface area contributed by atoms with Gasteiger partial charge in [-0.3, -0.25) is 14.9 Å². The van der Waals surface area contributed by atoms with E-state index in [0.717, 1.165) is 0 Å². The standard InChI is InChI=1S/C11H3F5N2O3/c12-6-5(7(13)9(15)10(16)8(6)14)3-1-17-2-4(11(3)19)18(20)21/h1-2H,(H,17,19). The van der Waals surface area contributed by atoms with E-state index in [4.69, 9.17) is 0 Å². The Morgan fingerprint density at radius 3 is 1.86 bits per heavy atom. The first kappa shape index (κ1) is 14.6. The van der Waals surface area contributed by atoms with Gasteiger partial charge in [-0.15, -0.1) is 0 Å². The Morgan fingerprint density at radius 2 is 1.38 bits per heavy atom. The van der Waals surface area contributed by atoms with Gasteiger partial charge in [0, 0.05) is 6.20 Å². The maximum absolute atomic E-state index is 13.6. The summed E-state index contributed by atoms with van der Waals surface area (Å²) >= 11 is 0. The predicted molar refractivity (Wildman–Crippen MR) is 58.9 cm³/mol. The van der Waals surface area contributed by atoms with Crippen LogP contribution in [0.5, 0.6) is 0 Å². The summed E-state index contributed by atoms with van der Waals surface area (Å²) in [4.78, 5) is 23.1. The molecule has 0 saturated carbocycles. The van der Waals surface area contributed by atoms with Crippen LogP contribution in [0.1, 0.15) is 0 Å². The first-order chi connectivity index (χ1) is 9.77. The molecule has 1 aromatic heterocycles. The lowest BCUT2D eigenvalue weighted by Gasteiger charge is -2.07. The molecule has 110 valence electrons. The Labute approximate surface area is 111 Å². The first-order valence-corrected chi connectivity index (χ1v) is 5.14. The van der Waals surface area contributed by atoms with Crippen molar-refractivity contribution in [3.63, 3.8) is 0 Å². The van der Waals surface area contributed by atoms with Crippen molar-refractivity contribution < 1.29 is 26.9 Å². The number of aromatic amines is 1. The van der Waals surface area contributed by atoms with Crippen molar-refractivity contribution in [2.24, 2.45) is 0 Å². The molecule has 1 heterocycles. The van der Waals surface area contributed by atoms with Crippen molar-refractivity contribution in [2.45, 2.75) is 0 Å². The average molecular weight is 306 g/mol. The second kappa shape index (κ2) is 4.96. The molecule has 21 heavy (non-hydrogen) atoms. The number of nitrogens with zero attached hydrogens (tertiary/aromatic N) is 1. The van der Waals surface area contributed by atoms with Crippen molar-refractivity contribution in [1.29, 1.82) is 0 Å². The van der Waals surface area contributed by atoms with Gasteiger partial charge in [0.2, 0.25) is 5.82 Å². The summed E-state index contributed by atoms with van der Waals surface area (Å²) in [6.07, 6.45) is 1.23. The molecule has 0 atom stereocenters. The van der Waals surface area contributed by atoms with Gasteiger partial charge in [-0.05, 0) is 0 Å². The Hall–Kier alpha value is -2.78. The fraction of sp³-hybridized carbons (Fsp3) is 0. The van der Waals surface area contributed by atoms with Gasteiger partial charge in [0.05, 0.1) is 22.2 Å². The highest BCUT2D eigenvalue weighted by Gasteiger charge is 2.29. The number of nitrogens with one attached hydrogen (secondary N) is 1. The molecule has 0 spiro atoms. The van der Waals surface area contributed by atoms with Crippen LogP contribution in [-0.4, -0.2) is 9.91 Å². The van der Waals surface area contributed by atoms with E-state index in [1.165, 1.54) is 0 Å². The van der Waals surface area contributed by atoms with Gasteiger partial charge in [0.15, 0.2) is 23.3 Å². The van der Waals surface area contributed by atoms with Crippen LogP contribution in [0.15, 0.2) is 17.2 Å². The molecule has 0 unspecified atom stereocenters. The minimum atomic E-state index is -2.39. The highest BCUT2D eigenvalue weighted by atomic mass is 19.2. The highest BCUT2D eigenvalue weighted by molar-refractivity contribution is 5.66. The summed E-state index contributed by atoms with van der Waals surface area (Å²) in [5, 5.41) is 10.6. The van der Waals surface area contributed by atoms with Gasteiger partial charge < -0.3 is 4.98 Å². The second-order valence-corrected chi connectivity index (χ2v) is 3.79. The number of pyridine rings is 1. The van der Waals surface area contributed by atoms with Crippen LogP contribution in [-0.2, 0) is 0 Å². The van der Waals surface area contributed by atoms with Crippen molar-refractivity contribution in [3.8, 4) is 11.1 Å². The maximum atomic E-state index is 13.6. The van der Waals surface area contributed by atoms with Crippen LogP contribution in [0.3, 0.4) is 0 Å². The fourth-order valence-corrected chi connectivity index (χ4v) is 1.64. The largest absolute Gasteiger partial charge is 0.361 e. The predicted octanol–water partition coefficient (Wildman–Crippen LogP) is 2.65. The second-order valence-electron chi connectivity index (χ2n) is 3.79. The van der Waals surface area contributed by atoms with Crippen LogP contribution in [0, 0.1) is 39.2 Å². The van der Waals surface area contributed by atoms with Gasteiger partial charge in [-0.2, -0.15) is 0 Å². The molecule has 1 N–H and O–H groups in total. The third-order valence-electron chi connectivity index (χ3n) is 2.60. The van der Waals surface area contributed by atoms with Crippen molar-refractivity contribution in [2.75, 3.05) is 0 Å². The van der Waals surface area contributed by atoms with Gasteiger partial charge >= 0.3 is 5.69 Å². The van der Waals surface area contributed by atoms with Gasteiger partial charge in [-0.25, -0.2) is 22.0 Å². The minimum Gasteiger partial charge on any atom is -0.361 e. The van der Waals surface area contributed by atoms with Crippen LogP contribution >= 0.6 is 0 Å². The normalized spacial score (nSPS) is 10.7. The lowest BCUT2D eigenvalue weighted by atomic mass is 10.0. The first-order valence-electron chi connectivity index (χ1n) is 5.14. The zero-order valence-electron chi connectivity index (χ0n) is 9.72. The zero-order chi connectivity index (χ0) is 15.9. The molecule has 0 saturated heterocycles. The summed E-state index contributed by atoms with van der Waals surface area (Å²) in [7, 11) is 0. The number of hydrogen-bond donors (Lipinski definition) is 1. The van der Waals surface area contributed by atoms with Gasteiger partial charge in [0.1, 0.15) is 0 Å². The van der Waals surface area contributed by atoms with Crippen LogP contribution < -0.4 is 5.43 Å². The molecule has 0 bridgehead atoms. The Balaban J connectivity index is 2.90. The Kier molecular flexibility index (Phi) is 3.45. The monoisotopic (exact) mass is 306 g/mol. The number of rotatable bonds is 2. The smallest absolute Gasteiger partial charge is 0.332 e. The maximum Gasteiger partial charge on any atom is 0.332 e. The van der Waals surface area contributed by atoms with E-state index >= 15 is 0 Å². The molecular formula is C11H3F5N2O3. The lowest BCUT2D eigenvalue weighted by Crippen LogP contribution is -2.14. The highest BCUT2D eigenvalue weighted by Crippen LogP contribution is 2.30. The van der Waals surface area contributed by atoms with E-state index in [1.807, 2.05) is 4.98 Å². The summed E-state index contributed by atoms with van der Waals surface area (Å²) in [5.74, 6) is -11.4. The van der Waals surface area contributed by atoms with Crippen LogP contribution in [0.25, 0.3) is 11.1 Å². The minimum absolute atomic E-state index is 0.605. The quantitative estimate of drug-likeness (QED) is 0.305. The third-order valence-corrected chi connectivity index (χ3v) is 2.60. The van der Waals surface area contributed by atoms with E-state index in [-0.39, 0.29) is 0 Å². The number of benzene rings is 1. The SMILES string of the molecule is O=c1c(-c2c(F)c(F)c(F)c(F)c2F)c[nH]cc1[N+](=O)[O-]. The molecule has 10 heteroatoms. The van der Waals surface area contributed by atoms with E-state index < -0.39 is 56.3 Å². The van der Waals surface area contributed by atoms with E-state index in [0.29, 0.717) is 12.4 Å². The molecule has 2 rings (SSSR count). The lowest BCUT2D eigenvalue weighted by molar-refractivity contribution is -0.386. The Morgan fingerprint density at radius 1 is 0.905 bits per heavy atom. The van der Waals surface area contributed by atoms with E-state index in [1.54, 1.807) is 0 Å². The topological polar surface area (TPSA) is 76.0 Å². The molecule has 2 aromatic rings. The molecule has 0 fully saturated rings. The molecule has 0 amide bonds. The molecule has 0 aliphatic carbocycles. The number of aromatic nitrogens is 1. The van der Waals surface area contributed by atoms with Crippen molar-refractivity contribution >= 4 is 5.69 Å². The number of hydrogen-bond acceptors (Lipinski definition) is 3. The molecule has 0 aliphatic heterocycles. The summed E-state index contributed by atoms with van der Waals surface area (Å²) in [6.45, 7) is 0. The molecule has 1 aromatic carbocycles. The Bertz CT molecular complexity index is 789. The van der Waals surface area contributed by atoms with Gasteiger partial charge in [-0.1, -0.05) is 0 Å². The average Bonchev–Trinajstić information content (AvgIpc) is 2.44. The van der Waals surface area contributed by atoms with Crippen LogP contribution in [0.2, 0.25) is 0 Å². The van der Waals surface area contributed by atoms with Crippen molar-refractivity contribution in [3.05, 3.63) is 61.8 Å². The number of nitro groups is 1. The fourth-order valence-electron chi connectivity index (χ4n) is 1.64. The number of H-pyrrole nitrogens is 1. The summed E-state index contributed by atoms with van der Waals surface area (Å²) < 4.78 is 66.2. The summed E-state index contributed by atoms with van der Waals surface area (Å²) in [5.41, 5.74) is -5.16. The van der Waals surface area contributed by atoms with Crippen LogP contribution in [0.4, 0.5) is 27.6 Å². The molecule has 0 radical (unpaired) electrons. The third kappa shape index (κ3) is 2.14. The molecule has 0 aliphatic rings.